The fourth-order valence-electron chi connectivity index (χ4n) is 2.77. The number of carbonyl (C=O) groups excluding carboxylic acids is 1. The zero-order chi connectivity index (χ0) is 39.6. The van der Waals surface area contributed by atoms with Crippen LogP contribution < -0.4 is 4.72 Å². The Kier molecular flexibility index (Phi) is 46.3. The van der Waals surface area contributed by atoms with Crippen LogP contribution in [0.1, 0.15) is 128 Å². The highest BCUT2D eigenvalue weighted by atomic mass is 32.2. The number of sulfonamides is 1. The zero-order valence-electron chi connectivity index (χ0n) is 33.2. The van der Waals surface area contributed by atoms with Crippen molar-refractivity contribution < 1.29 is 48.3 Å². The number of hydrogen-bond donors (Lipinski definition) is 6. The van der Waals surface area contributed by atoms with Gasteiger partial charge in [0.25, 0.3) is 0 Å². The lowest BCUT2D eigenvalue weighted by Crippen LogP contribution is -2.29. The quantitative estimate of drug-likeness (QED) is 0.114. The number of hydrogen-bond acceptors (Lipinski definition) is 9. The third-order valence-corrected chi connectivity index (χ3v) is 5.82. The van der Waals surface area contributed by atoms with Crippen LogP contribution in [0.5, 0.6) is 0 Å². The van der Waals surface area contributed by atoms with Crippen LogP contribution in [0.3, 0.4) is 0 Å². The van der Waals surface area contributed by atoms with Gasteiger partial charge < -0.3 is 30.4 Å². The molecule has 0 bridgehead atoms. The van der Waals surface area contributed by atoms with Gasteiger partial charge in [-0.05, 0) is 81.8 Å². The summed E-state index contributed by atoms with van der Waals surface area (Å²) in [6.07, 6.45) is 4.99. The van der Waals surface area contributed by atoms with Crippen molar-refractivity contribution in [3.63, 3.8) is 0 Å². The van der Waals surface area contributed by atoms with E-state index in [1.807, 2.05) is 60.1 Å². The van der Waals surface area contributed by atoms with Gasteiger partial charge in [-0.2, -0.15) is 0 Å². The summed E-state index contributed by atoms with van der Waals surface area (Å²) in [5, 5.41) is 41.6. The molecule has 1 unspecified atom stereocenters. The van der Waals surface area contributed by atoms with E-state index < -0.39 is 34.0 Å². The minimum atomic E-state index is -3.37. The summed E-state index contributed by atoms with van der Waals surface area (Å²) in [5.74, 6) is 1.07. The van der Waals surface area contributed by atoms with Gasteiger partial charge in [-0.3, -0.25) is 19.1 Å². The molecule has 0 heterocycles. The monoisotopic (exact) mass is 719 g/mol. The minimum Gasteiger partial charge on any atom is -0.481 e. The molecule has 0 saturated carbocycles. The number of carbonyl (C=O) groups is 3. The van der Waals surface area contributed by atoms with Crippen molar-refractivity contribution in [2.75, 3.05) is 40.1 Å². The van der Waals surface area contributed by atoms with Crippen LogP contribution in [0.25, 0.3) is 0 Å². The first-order chi connectivity index (χ1) is 21.6. The lowest BCUT2D eigenvalue weighted by molar-refractivity contribution is -0.138. The first kappa shape index (κ1) is 58.4. The van der Waals surface area contributed by atoms with Crippen LogP contribution in [0.2, 0.25) is 0 Å². The fraction of sp³-hybridized carbons (Fsp3) is 0.914. The summed E-state index contributed by atoms with van der Waals surface area (Å²) in [6.45, 7) is 25.7. The largest absolute Gasteiger partial charge is 0.481 e. The summed E-state index contributed by atoms with van der Waals surface area (Å²) in [4.78, 5) is 32.7. The fourth-order valence-corrected chi connectivity index (χ4v) is 3.27. The van der Waals surface area contributed by atoms with E-state index in [4.69, 9.17) is 25.5 Å². The predicted molar refractivity (Wildman–Crippen MR) is 198 cm³/mol. The molecule has 0 fully saturated rings. The van der Waals surface area contributed by atoms with E-state index in [9.17, 15) is 22.8 Å². The van der Waals surface area contributed by atoms with Crippen molar-refractivity contribution in [2.45, 2.75) is 134 Å². The van der Waals surface area contributed by atoms with E-state index in [2.05, 4.69) is 46.7 Å². The molecule has 0 aromatic rings. The standard InChI is InChI=1S/C7H17N.C6H13NO3S.C6H14O2.C6H12O2.C5H10O2.C5H12O/c1-7(2)5-6-8(3)4;1-5(2)4-6(8)7-11(3,9)10;1-5(2)3-6(8)4-7;1-5(2)3-4-6(7)8;1-4(2)3-5(6)7;1-5(2)3-4-6/h7H,5-6H2,1-4H3;5H,4H2,1-3H3,(H,7,8);5-8H,3-4H2,1-2H3;5H,3-4H2,1-2H3,(H,7,8);4H,3H2,1-2H3,(H,6,7);5-6H,3-4H2,1-2H3. The molecular formula is C35H78N2O10S. The third-order valence-electron chi connectivity index (χ3n) is 5.23. The van der Waals surface area contributed by atoms with E-state index in [0.29, 0.717) is 37.2 Å². The maximum Gasteiger partial charge on any atom is 0.303 e. The summed E-state index contributed by atoms with van der Waals surface area (Å²) in [5.41, 5.74) is 0. The Hall–Kier alpha value is -1.80. The lowest BCUT2D eigenvalue weighted by atomic mass is 10.1. The lowest BCUT2D eigenvalue weighted by Gasteiger charge is -2.10. The maximum atomic E-state index is 10.8. The second-order valence-corrected chi connectivity index (χ2v) is 16.3. The average Bonchev–Trinajstić information content (AvgIpc) is 2.85. The molecule has 294 valence electrons. The zero-order valence-corrected chi connectivity index (χ0v) is 34.1. The summed E-state index contributed by atoms with van der Waals surface area (Å²) < 4.78 is 22.9. The summed E-state index contributed by atoms with van der Waals surface area (Å²) in [7, 11) is 0.858. The van der Waals surface area contributed by atoms with E-state index in [-0.39, 0.29) is 31.3 Å². The number of carboxylic acids is 2. The molecule has 0 aromatic heterocycles. The average molecular weight is 719 g/mol. The molecule has 13 heteroatoms. The smallest absolute Gasteiger partial charge is 0.303 e. The van der Waals surface area contributed by atoms with Crippen molar-refractivity contribution in [1.82, 2.24) is 9.62 Å². The highest BCUT2D eigenvalue weighted by Crippen LogP contribution is 2.03. The normalized spacial score (nSPS) is 11.3. The van der Waals surface area contributed by atoms with Gasteiger partial charge in [0.15, 0.2) is 0 Å². The second-order valence-electron chi connectivity index (χ2n) is 14.6. The van der Waals surface area contributed by atoms with Crippen LogP contribution in [0.4, 0.5) is 0 Å². The SMILES string of the molecule is CC(C)CC(=O)NS(C)(=O)=O.CC(C)CC(=O)O.CC(C)CC(O)CO.CC(C)CCC(=O)O.CC(C)CCN(C)C.CC(C)CCO. The summed E-state index contributed by atoms with van der Waals surface area (Å²) in [6, 6.07) is 0. The third kappa shape index (κ3) is 90.4. The van der Waals surface area contributed by atoms with E-state index in [0.717, 1.165) is 25.0 Å². The molecule has 48 heavy (non-hydrogen) atoms. The van der Waals surface area contributed by atoms with Gasteiger partial charge in [0.2, 0.25) is 15.9 Å². The Morgan fingerprint density at radius 2 is 1.06 bits per heavy atom. The number of nitrogens with one attached hydrogen (secondary N) is 1. The van der Waals surface area contributed by atoms with Gasteiger partial charge >= 0.3 is 11.9 Å². The molecule has 0 saturated heterocycles. The Balaban J connectivity index is -0.000000111. The molecule has 0 spiro atoms. The number of aliphatic hydroxyl groups excluding tert-OH is 3. The molecule has 0 aliphatic carbocycles. The summed E-state index contributed by atoms with van der Waals surface area (Å²) >= 11 is 0. The van der Waals surface area contributed by atoms with Gasteiger partial charge in [0.05, 0.1) is 19.0 Å². The Morgan fingerprint density at radius 1 is 0.646 bits per heavy atom. The Morgan fingerprint density at radius 3 is 1.19 bits per heavy atom. The Bertz CT molecular complexity index is 821. The predicted octanol–water partition coefficient (Wildman–Crippen LogP) is 5.74. The first-order valence-electron chi connectivity index (χ1n) is 17.1. The second kappa shape index (κ2) is 38.0. The van der Waals surface area contributed by atoms with Crippen molar-refractivity contribution in [2.24, 2.45) is 35.5 Å². The van der Waals surface area contributed by atoms with Gasteiger partial charge in [-0.15, -0.1) is 0 Å². The topological polar surface area (TPSA) is 202 Å². The van der Waals surface area contributed by atoms with E-state index >= 15 is 0 Å². The van der Waals surface area contributed by atoms with Crippen molar-refractivity contribution in [3.8, 4) is 0 Å². The molecule has 0 aliphatic rings. The number of aliphatic hydroxyl groups is 3. The minimum absolute atomic E-state index is 0.113. The molecule has 0 rings (SSSR count). The van der Waals surface area contributed by atoms with Crippen molar-refractivity contribution >= 4 is 27.9 Å². The number of nitrogens with zero attached hydrogens (tertiary/aromatic N) is 1. The van der Waals surface area contributed by atoms with E-state index in [1.165, 1.54) is 13.0 Å². The van der Waals surface area contributed by atoms with Crippen LogP contribution in [0, 0.1) is 35.5 Å². The first-order valence-corrected chi connectivity index (χ1v) is 19.0. The Labute approximate surface area is 295 Å². The highest BCUT2D eigenvalue weighted by molar-refractivity contribution is 7.89. The maximum absolute atomic E-state index is 10.8. The van der Waals surface area contributed by atoms with Gasteiger partial charge in [0.1, 0.15) is 0 Å². The molecule has 1 atom stereocenters. The number of amides is 1. The van der Waals surface area contributed by atoms with Crippen molar-refractivity contribution in [1.29, 1.82) is 0 Å². The molecule has 0 aromatic carbocycles. The van der Waals surface area contributed by atoms with Crippen LogP contribution in [0.15, 0.2) is 0 Å². The van der Waals surface area contributed by atoms with Crippen molar-refractivity contribution in [3.05, 3.63) is 0 Å². The molecule has 12 nitrogen and oxygen atoms in total. The molecule has 1 amide bonds. The number of rotatable bonds is 16. The number of aliphatic carboxylic acids is 2. The highest BCUT2D eigenvalue weighted by Gasteiger charge is 2.09. The van der Waals surface area contributed by atoms with E-state index in [1.54, 1.807) is 0 Å². The van der Waals surface area contributed by atoms with Crippen LogP contribution in [-0.2, 0) is 24.4 Å². The molecule has 0 aliphatic heterocycles. The van der Waals surface area contributed by atoms with Gasteiger partial charge in [-0.1, -0.05) is 83.1 Å². The molecular weight excluding hydrogens is 640 g/mol. The number of carboxylic acid groups (broad SMARTS) is 2. The van der Waals surface area contributed by atoms with Crippen LogP contribution >= 0.6 is 0 Å². The molecule has 0 radical (unpaired) electrons. The van der Waals surface area contributed by atoms with Gasteiger partial charge in [-0.25, -0.2) is 8.42 Å². The molecule has 6 N–H and O–H groups in total. The van der Waals surface area contributed by atoms with Crippen LogP contribution in [-0.4, -0.2) is 103 Å². The van der Waals surface area contributed by atoms with Gasteiger partial charge in [0, 0.05) is 25.9 Å².